The Morgan fingerprint density at radius 1 is 0.897 bits per heavy atom. The van der Waals surface area contributed by atoms with Crippen LogP contribution < -0.4 is 5.56 Å². The fourth-order valence-corrected chi connectivity index (χ4v) is 8.85. The summed E-state index contributed by atoms with van der Waals surface area (Å²) in [5.74, 6) is 1.83. The summed E-state index contributed by atoms with van der Waals surface area (Å²) in [6, 6.07) is 9.40. The van der Waals surface area contributed by atoms with Gasteiger partial charge >= 0.3 is 5.97 Å². The number of fused-ring (bicyclic) bond motifs is 5. The Morgan fingerprint density at radius 3 is 2.28 bits per heavy atom. The Bertz CT molecular complexity index is 1260. The van der Waals surface area contributed by atoms with Crippen LogP contribution in [0.3, 0.4) is 0 Å². The number of nitrogens with zero attached hydrogens (tertiary/aromatic N) is 3. The van der Waals surface area contributed by atoms with Gasteiger partial charge in [-0.1, -0.05) is 25.5 Å². The molecular formula is C32H43N3O4. The average molecular weight is 534 g/mol. The van der Waals surface area contributed by atoms with Crippen molar-refractivity contribution >= 4 is 22.8 Å². The predicted molar refractivity (Wildman–Crippen MR) is 151 cm³/mol. The third-order valence-electron chi connectivity index (χ3n) is 10.1. The Labute approximate surface area is 231 Å². The minimum atomic E-state index is -0.423. The number of carbonyl (C=O) groups is 2. The highest BCUT2D eigenvalue weighted by atomic mass is 16.5. The maximum Gasteiger partial charge on any atom is 0.306 e. The average Bonchev–Trinajstić information content (AvgIpc) is 2.90. The van der Waals surface area contributed by atoms with Gasteiger partial charge in [-0.25, -0.2) is 4.98 Å². The van der Waals surface area contributed by atoms with E-state index in [-0.39, 0.29) is 42.5 Å². The second kappa shape index (κ2) is 11.1. The van der Waals surface area contributed by atoms with Gasteiger partial charge in [0.15, 0.2) is 11.5 Å². The van der Waals surface area contributed by atoms with Gasteiger partial charge in [0.25, 0.3) is 5.56 Å². The molecule has 3 unspecified atom stereocenters. The number of piperidine rings is 2. The Kier molecular flexibility index (Phi) is 7.62. The second-order valence-corrected chi connectivity index (χ2v) is 12.8. The lowest BCUT2D eigenvalue weighted by Crippen LogP contribution is -2.59. The Hall–Kier alpha value is -2.54. The van der Waals surface area contributed by atoms with E-state index in [1.54, 1.807) is 6.92 Å². The van der Waals surface area contributed by atoms with Gasteiger partial charge in [-0.05, 0) is 94.6 Å². The lowest BCUT2D eigenvalue weighted by Gasteiger charge is -2.55. The number of benzene rings is 1. The van der Waals surface area contributed by atoms with E-state index in [0.29, 0.717) is 23.6 Å². The second-order valence-electron chi connectivity index (χ2n) is 12.8. The van der Waals surface area contributed by atoms with Gasteiger partial charge in [-0.2, -0.15) is 0 Å². The fraction of sp³-hybridized carbons (Fsp3) is 0.688. The number of hydrogen-bond acceptors (Lipinski definition) is 6. The van der Waals surface area contributed by atoms with E-state index in [2.05, 4.69) is 16.8 Å². The van der Waals surface area contributed by atoms with Crippen molar-refractivity contribution in [1.82, 2.24) is 14.5 Å². The zero-order valence-electron chi connectivity index (χ0n) is 23.5. The molecule has 3 heterocycles. The topological polar surface area (TPSA) is 81.5 Å². The summed E-state index contributed by atoms with van der Waals surface area (Å²) in [4.78, 5) is 46.3. The molecule has 5 atom stereocenters. The highest BCUT2D eigenvalue weighted by Crippen LogP contribution is 2.48. The molecule has 0 radical (unpaired) electrons. The normalized spacial score (nSPS) is 32.6. The lowest BCUT2D eigenvalue weighted by atomic mass is 9.65. The van der Waals surface area contributed by atoms with Crippen LogP contribution in [0.25, 0.3) is 11.0 Å². The van der Waals surface area contributed by atoms with Crippen LogP contribution in [0.2, 0.25) is 0 Å². The third-order valence-corrected chi connectivity index (χ3v) is 10.1. The molecular weight excluding hydrogens is 490 g/mol. The van der Waals surface area contributed by atoms with E-state index in [1.165, 1.54) is 51.4 Å². The predicted octanol–water partition coefficient (Wildman–Crippen LogP) is 5.70. The van der Waals surface area contributed by atoms with E-state index in [0.717, 1.165) is 36.1 Å². The molecule has 7 heteroatoms. The number of rotatable bonds is 7. The largest absolute Gasteiger partial charge is 0.466 e. The van der Waals surface area contributed by atoms with Gasteiger partial charge in [0.2, 0.25) is 0 Å². The quantitative estimate of drug-likeness (QED) is 0.336. The first-order chi connectivity index (χ1) is 18.9. The molecule has 7 nitrogen and oxygen atoms in total. The van der Waals surface area contributed by atoms with Gasteiger partial charge < -0.3 is 9.30 Å². The van der Waals surface area contributed by atoms with E-state index in [9.17, 15) is 14.4 Å². The number of carbonyl (C=O) groups excluding carboxylic acids is 2. The monoisotopic (exact) mass is 533 g/mol. The van der Waals surface area contributed by atoms with Crippen molar-refractivity contribution in [3.05, 3.63) is 40.3 Å². The maximum atomic E-state index is 13.9. The molecule has 0 amide bonds. The molecule has 2 saturated carbocycles. The first-order valence-electron chi connectivity index (χ1n) is 15.4. The van der Waals surface area contributed by atoms with Crippen molar-refractivity contribution < 1.29 is 14.3 Å². The number of para-hydroxylation sites is 2. The summed E-state index contributed by atoms with van der Waals surface area (Å²) in [6.45, 7) is 4.45. The first kappa shape index (κ1) is 26.7. The van der Waals surface area contributed by atoms with Crippen molar-refractivity contribution in [2.24, 2.45) is 17.8 Å². The van der Waals surface area contributed by atoms with Crippen LogP contribution in [-0.2, 0) is 9.53 Å². The number of Topliss-reactive ketones (excluding diaryl/α,β-unsaturated/α-hetero) is 1. The molecule has 2 aliphatic carbocycles. The first-order valence-corrected chi connectivity index (χ1v) is 15.4. The van der Waals surface area contributed by atoms with Crippen LogP contribution in [0.1, 0.15) is 107 Å². The molecule has 1 aromatic carbocycles. The smallest absolute Gasteiger partial charge is 0.306 e. The summed E-state index contributed by atoms with van der Waals surface area (Å²) >= 11 is 0. The van der Waals surface area contributed by atoms with Crippen LogP contribution in [-0.4, -0.2) is 50.9 Å². The van der Waals surface area contributed by atoms with E-state index in [4.69, 9.17) is 4.74 Å². The van der Waals surface area contributed by atoms with Crippen molar-refractivity contribution in [1.29, 1.82) is 0 Å². The van der Waals surface area contributed by atoms with Crippen molar-refractivity contribution in [2.45, 2.75) is 115 Å². The SMILES string of the molecule is CCOC(=O)CCC(=O)c1nc2ccccc2n(C2C[C@H]3CCC[C@@H](C2)N3C2CC3CC(C)CC(C3)C2)c1=O. The van der Waals surface area contributed by atoms with Gasteiger partial charge in [-0.15, -0.1) is 0 Å². The Morgan fingerprint density at radius 2 is 1.59 bits per heavy atom. The van der Waals surface area contributed by atoms with Crippen LogP contribution in [0.4, 0.5) is 0 Å². The van der Waals surface area contributed by atoms with Gasteiger partial charge in [0.05, 0.1) is 24.1 Å². The molecule has 0 N–H and O–H groups in total. The van der Waals surface area contributed by atoms with Crippen LogP contribution >= 0.6 is 0 Å². The summed E-state index contributed by atoms with van der Waals surface area (Å²) in [5, 5.41) is 0. The molecule has 6 rings (SSSR count). The highest BCUT2D eigenvalue weighted by molar-refractivity contribution is 5.97. The molecule has 2 aromatic rings. The molecule has 39 heavy (non-hydrogen) atoms. The third kappa shape index (κ3) is 5.31. The number of hydrogen-bond donors (Lipinski definition) is 0. The summed E-state index contributed by atoms with van der Waals surface area (Å²) in [5.41, 5.74) is 1.13. The lowest BCUT2D eigenvalue weighted by molar-refractivity contribution is -0.143. The van der Waals surface area contributed by atoms with Gasteiger partial charge in [-0.3, -0.25) is 19.3 Å². The number of aromatic nitrogens is 2. The zero-order chi connectivity index (χ0) is 27.1. The number of ether oxygens (including phenoxy) is 1. The van der Waals surface area contributed by atoms with Crippen LogP contribution in [0.15, 0.2) is 29.1 Å². The Balaban J connectivity index is 1.28. The molecule has 4 fully saturated rings. The molecule has 1 aromatic heterocycles. The molecule has 2 aliphatic heterocycles. The summed E-state index contributed by atoms with van der Waals surface area (Å²) in [7, 11) is 0. The number of esters is 1. The van der Waals surface area contributed by atoms with E-state index < -0.39 is 5.97 Å². The van der Waals surface area contributed by atoms with Gasteiger partial charge in [0.1, 0.15) is 0 Å². The molecule has 0 spiro atoms. The minimum Gasteiger partial charge on any atom is -0.466 e. The minimum absolute atomic E-state index is 0.0364. The summed E-state index contributed by atoms with van der Waals surface area (Å²) < 4.78 is 6.87. The van der Waals surface area contributed by atoms with Crippen LogP contribution in [0.5, 0.6) is 0 Å². The van der Waals surface area contributed by atoms with Crippen molar-refractivity contribution in [3.8, 4) is 0 Å². The molecule has 4 bridgehead atoms. The van der Waals surface area contributed by atoms with Crippen LogP contribution in [0, 0.1) is 17.8 Å². The summed E-state index contributed by atoms with van der Waals surface area (Å²) in [6.07, 6.45) is 12.3. The highest BCUT2D eigenvalue weighted by Gasteiger charge is 2.46. The number of ketones is 1. The fourth-order valence-electron chi connectivity index (χ4n) is 8.85. The molecule has 4 aliphatic rings. The van der Waals surface area contributed by atoms with E-state index in [1.807, 2.05) is 28.8 Å². The standard InChI is InChI=1S/C32H43N3O4/c1-3-39-30(37)12-11-29(36)31-32(38)35(28-10-5-4-9-27(28)33-31)26-18-23-7-6-8-24(19-26)34(23)25-16-21-13-20(2)14-22(15-21)17-25/h4-5,9-10,20-26H,3,6-8,11-19H2,1-2H3/t20?,21?,22?,23-,24+,25?,26?. The maximum absolute atomic E-state index is 13.9. The molecule has 2 saturated heterocycles. The van der Waals surface area contributed by atoms with Crippen molar-refractivity contribution in [2.75, 3.05) is 6.61 Å². The van der Waals surface area contributed by atoms with Gasteiger partial charge in [0, 0.05) is 30.6 Å². The molecule has 210 valence electrons. The zero-order valence-corrected chi connectivity index (χ0v) is 23.5. The van der Waals surface area contributed by atoms with Crippen molar-refractivity contribution in [3.63, 3.8) is 0 Å². The van der Waals surface area contributed by atoms with E-state index >= 15 is 0 Å².